The Morgan fingerprint density at radius 1 is 1.14 bits per heavy atom. The summed E-state index contributed by atoms with van der Waals surface area (Å²) in [6, 6.07) is 11.9. The standard InChI is InChI=1S/C20H23BrN6OS/c1-4-27(5-2)16-9-6-14(7-10-16)19-24-25-20(26(19)3)29-13-18(28)23-17-11-8-15(21)12-22-17/h6-12H,4-5,13H2,1-3H3,(H,22,23,28). The Balaban J connectivity index is 1.63. The van der Waals surface area contributed by atoms with Gasteiger partial charge in [-0.3, -0.25) is 4.79 Å². The van der Waals surface area contributed by atoms with Crippen molar-refractivity contribution in [3.05, 3.63) is 47.1 Å². The van der Waals surface area contributed by atoms with Crippen molar-refractivity contribution >= 4 is 45.1 Å². The summed E-state index contributed by atoms with van der Waals surface area (Å²) < 4.78 is 2.77. The Hall–Kier alpha value is -2.39. The third-order valence-electron chi connectivity index (χ3n) is 4.42. The number of anilines is 2. The van der Waals surface area contributed by atoms with Crippen molar-refractivity contribution in [1.29, 1.82) is 0 Å². The van der Waals surface area contributed by atoms with Gasteiger partial charge < -0.3 is 14.8 Å². The lowest BCUT2D eigenvalue weighted by Gasteiger charge is -2.21. The van der Waals surface area contributed by atoms with Crippen LogP contribution in [0.15, 0.2) is 52.2 Å². The minimum absolute atomic E-state index is 0.141. The number of rotatable bonds is 8. The first-order chi connectivity index (χ1) is 14.0. The van der Waals surface area contributed by atoms with Gasteiger partial charge in [-0.1, -0.05) is 11.8 Å². The molecule has 29 heavy (non-hydrogen) atoms. The van der Waals surface area contributed by atoms with E-state index in [9.17, 15) is 4.79 Å². The second-order valence-electron chi connectivity index (χ2n) is 6.28. The van der Waals surface area contributed by atoms with Crippen LogP contribution in [0.5, 0.6) is 0 Å². The number of hydrogen-bond donors (Lipinski definition) is 1. The van der Waals surface area contributed by atoms with Gasteiger partial charge in [-0.15, -0.1) is 10.2 Å². The van der Waals surface area contributed by atoms with Gasteiger partial charge in [0.15, 0.2) is 11.0 Å². The summed E-state index contributed by atoms with van der Waals surface area (Å²) in [4.78, 5) is 18.6. The normalized spacial score (nSPS) is 10.8. The summed E-state index contributed by atoms with van der Waals surface area (Å²) in [6.07, 6.45) is 1.64. The molecule has 0 spiro atoms. The van der Waals surface area contributed by atoms with E-state index in [1.54, 1.807) is 12.3 Å². The van der Waals surface area contributed by atoms with Crippen LogP contribution in [0.4, 0.5) is 11.5 Å². The van der Waals surface area contributed by atoms with E-state index in [0.717, 1.165) is 29.0 Å². The lowest BCUT2D eigenvalue weighted by molar-refractivity contribution is -0.113. The average Bonchev–Trinajstić information content (AvgIpc) is 3.10. The molecule has 1 amide bonds. The second-order valence-corrected chi connectivity index (χ2v) is 8.14. The third kappa shape index (κ3) is 5.36. The van der Waals surface area contributed by atoms with Crippen molar-refractivity contribution in [1.82, 2.24) is 19.7 Å². The van der Waals surface area contributed by atoms with Crippen molar-refractivity contribution < 1.29 is 4.79 Å². The van der Waals surface area contributed by atoms with Gasteiger partial charge in [0.05, 0.1) is 5.75 Å². The Labute approximate surface area is 183 Å². The quantitative estimate of drug-likeness (QED) is 0.492. The molecule has 3 rings (SSSR count). The number of halogens is 1. The number of amides is 1. The van der Waals surface area contributed by atoms with E-state index in [1.165, 1.54) is 17.4 Å². The Morgan fingerprint density at radius 2 is 1.86 bits per heavy atom. The van der Waals surface area contributed by atoms with Crippen LogP contribution in [0.3, 0.4) is 0 Å². The van der Waals surface area contributed by atoms with Crippen molar-refractivity contribution in [3.63, 3.8) is 0 Å². The summed E-state index contributed by atoms with van der Waals surface area (Å²) >= 11 is 4.66. The van der Waals surface area contributed by atoms with Crippen LogP contribution in [0, 0.1) is 0 Å². The molecule has 1 N–H and O–H groups in total. The fourth-order valence-electron chi connectivity index (χ4n) is 2.86. The predicted molar refractivity (Wildman–Crippen MR) is 121 cm³/mol. The number of pyridine rings is 1. The number of benzene rings is 1. The fraction of sp³-hybridized carbons (Fsp3) is 0.300. The van der Waals surface area contributed by atoms with Gasteiger partial charge in [0, 0.05) is 42.1 Å². The number of thioether (sulfide) groups is 1. The Kier molecular flexibility index (Phi) is 7.27. The molecular formula is C20H23BrN6OS. The molecule has 0 aliphatic carbocycles. The van der Waals surface area contributed by atoms with Crippen LogP contribution in [0.25, 0.3) is 11.4 Å². The first-order valence-electron chi connectivity index (χ1n) is 9.30. The number of nitrogens with zero attached hydrogens (tertiary/aromatic N) is 5. The molecular weight excluding hydrogens is 452 g/mol. The van der Waals surface area contributed by atoms with Crippen molar-refractivity contribution in [2.75, 3.05) is 29.1 Å². The van der Waals surface area contributed by atoms with E-state index in [0.29, 0.717) is 11.0 Å². The van der Waals surface area contributed by atoms with E-state index < -0.39 is 0 Å². The maximum Gasteiger partial charge on any atom is 0.236 e. The minimum atomic E-state index is -0.141. The number of carbonyl (C=O) groups is 1. The van der Waals surface area contributed by atoms with Crippen molar-refractivity contribution in [2.45, 2.75) is 19.0 Å². The SMILES string of the molecule is CCN(CC)c1ccc(-c2nnc(SCC(=O)Nc3ccc(Br)cn3)n2C)cc1. The van der Waals surface area contributed by atoms with Crippen LogP contribution in [0.1, 0.15) is 13.8 Å². The van der Waals surface area contributed by atoms with Crippen LogP contribution in [-0.2, 0) is 11.8 Å². The largest absolute Gasteiger partial charge is 0.372 e. The summed E-state index contributed by atoms with van der Waals surface area (Å²) in [5.74, 6) is 1.38. The van der Waals surface area contributed by atoms with Crippen molar-refractivity contribution in [2.24, 2.45) is 7.05 Å². The lowest BCUT2D eigenvalue weighted by atomic mass is 10.2. The molecule has 2 aromatic heterocycles. The monoisotopic (exact) mass is 474 g/mol. The van der Waals surface area contributed by atoms with Gasteiger partial charge in [-0.05, 0) is 66.2 Å². The zero-order valence-electron chi connectivity index (χ0n) is 16.6. The number of aromatic nitrogens is 4. The smallest absolute Gasteiger partial charge is 0.236 e. The van der Waals surface area contributed by atoms with Crippen LogP contribution < -0.4 is 10.2 Å². The van der Waals surface area contributed by atoms with Gasteiger partial charge in [0.2, 0.25) is 5.91 Å². The molecule has 0 saturated heterocycles. The molecule has 1 aromatic carbocycles. The average molecular weight is 475 g/mol. The van der Waals surface area contributed by atoms with E-state index in [2.05, 4.69) is 79.4 Å². The lowest BCUT2D eigenvalue weighted by Crippen LogP contribution is -2.21. The zero-order valence-corrected chi connectivity index (χ0v) is 19.0. The summed E-state index contributed by atoms with van der Waals surface area (Å²) in [5, 5.41) is 12.0. The Bertz CT molecular complexity index is 954. The molecule has 0 bridgehead atoms. The molecule has 0 radical (unpaired) electrons. The van der Waals surface area contributed by atoms with Gasteiger partial charge >= 0.3 is 0 Å². The summed E-state index contributed by atoms with van der Waals surface area (Å²) in [7, 11) is 1.91. The highest BCUT2D eigenvalue weighted by Gasteiger charge is 2.14. The molecule has 0 saturated carbocycles. The van der Waals surface area contributed by atoms with E-state index >= 15 is 0 Å². The van der Waals surface area contributed by atoms with Gasteiger partial charge in [0.1, 0.15) is 5.82 Å². The highest BCUT2D eigenvalue weighted by atomic mass is 79.9. The maximum atomic E-state index is 12.2. The van der Waals surface area contributed by atoms with Crippen molar-refractivity contribution in [3.8, 4) is 11.4 Å². The number of nitrogens with one attached hydrogen (secondary N) is 1. The Morgan fingerprint density at radius 3 is 2.48 bits per heavy atom. The van der Waals surface area contributed by atoms with Crippen LogP contribution in [0.2, 0.25) is 0 Å². The zero-order chi connectivity index (χ0) is 20.8. The summed E-state index contributed by atoms with van der Waals surface area (Å²) in [6.45, 7) is 6.23. The fourth-order valence-corrected chi connectivity index (χ4v) is 3.81. The molecule has 0 atom stereocenters. The highest BCUT2D eigenvalue weighted by molar-refractivity contribution is 9.10. The molecule has 0 aliphatic heterocycles. The number of carbonyl (C=O) groups excluding carboxylic acids is 1. The molecule has 9 heteroatoms. The highest BCUT2D eigenvalue weighted by Crippen LogP contribution is 2.25. The van der Waals surface area contributed by atoms with Gasteiger partial charge in [-0.25, -0.2) is 4.98 Å². The van der Waals surface area contributed by atoms with E-state index in [-0.39, 0.29) is 11.7 Å². The molecule has 2 heterocycles. The molecule has 0 fully saturated rings. The van der Waals surface area contributed by atoms with Gasteiger partial charge in [0.25, 0.3) is 0 Å². The van der Waals surface area contributed by atoms with E-state index in [1.807, 2.05) is 17.7 Å². The molecule has 7 nitrogen and oxygen atoms in total. The molecule has 152 valence electrons. The van der Waals surface area contributed by atoms with Crippen LogP contribution >= 0.6 is 27.7 Å². The van der Waals surface area contributed by atoms with E-state index in [4.69, 9.17) is 0 Å². The van der Waals surface area contributed by atoms with Gasteiger partial charge in [-0.2, -0.15) is 0 Å². The molecule has 0 unspecified atom stereocenters. The predicted octanol–water partition coefficient (Wildman–Crippen LogP) is 4.22. The maximum absolute atomic E-state index is 12.2. The summed E-state index contributed by atoms with van der Waals surface area (Å²) in [5.41, 5.74) is 2.18. The molecule has 3 aromatic rings. The third-order valence-corrected chi connectivity index (χ3v) is 5.91. The first-order valence-corrected chi connectivity index (χ1v) is 11.1. The number of hydrogen-bond acceptors (Lipinski definition) is 6. The molecule has 0 aliphatic rings. The first kappa shape index (κ1) is 21.3. The van der Waals surface area contributed by atoms with Crippen LogP contribution in [-0.4, -0.2) is 44.5 Å². The minimum Gasteiger partial charge on any atom is -0.372 e. The topological polar surface area (TPSA) is 75.9 Å². The second kappa shape index (κ2) is 9.89.